The van der Waals surface area contributed by atoms with Gasteiger partial charge in [0, 0.05) is 24.4 Å². The number of aromatic amines is 1. The number of para-hydroxylation sites is 1. The first-order valence-corrected chi connectivity index (χ1v) is 10.1. The Bertz CT molecular complexity index is 1140. The molecule has 0 aliphatic carbocycles. The van der Waals surface area contributed by atoms with Gasteiger partial charge in [-0.15, -0.1) is 0 Å². The predicted molar refractivity (Wildman–Crippen MR) is 112 cm³/mol. The van der Waals surface area contributed by atoms with Gasteiger partial charge in [-0.05, 0) is 34.2 Å². The number of H-pyrrole nitrogens is 1. The van der Waals surface area contributed by atoms with E-state index >= 15 is 0 Å². The second kappa shape index (κ2) is 9.48. The number of nitrogens with zero attached hydrogens (tertiary/aromatic N) is 2. The summed E-state index contributed by atoms with van der Waals surface area (Å²) in [5, 5.41) is 5.30. The van der Waals surface area contributed by atoms with Crippen LogP contribution in [0.15, 0.2) is 63.9 Å². The zero-order valence-corrected chi connectivity index (χ0v) is 17.4. The summed E-state index contributed by atoms with van der Waals surface area (Å²) >= 11 is 0. The van der Waals surface area contributed by atoms with E-state index in [0.29, 0.717) is 23.7 Å². The zero-order valence-electron chi connectivity index (χ0n) is 17.4. The van der Waals surface area contributed by atoms with E-state index < -0.39 is 11.7 Å². The molecule has 1 saturated heterocycles. The Hall–Kier alpha value is -3.92. The van der Waals surface area contributed by atoms with E-state index in [2.05, 4.69) is 10.6 Å². The fraction of sp³-hybridized carbons (Fsp3) is 0.273. The van der Waals surface area contributed by atoms with E-state index in [0.717, 1.165) is 0 Å². The summed E-state index contributed by atoms with van der Waals surface area (Å²) in [6.45, 7) is 0.585. The minimum absolute atomic E-state index is 0.0273. The standard InChI is InChI=1S/C22H22N4O6/c1-30-17-9-7-15(8-10-17)23-20(27)13-19-21(28)25(11-12-31-19)14-18-22(29)32-24-26(18)16-5-3-2-4-6-16/h2-10,19H,11-14H2,1H3,(H-,23,24,27,29)/p+1. The first-order chi connectivity index (χ1) is 15.5. The number of hydrogen-bond donors (Lipinski definition) is 2. The molecule has 1 aliphatic rings. The van der Waals surface area contributed by atoms with Gasteiger partial charge < -0.3 is 19.7 Å². The number of rotatable bonds is 7. The van der Waals surface area contributed by atoms with Gasteiger partial charge >= 0.3 is 11.3 Å². The SMILES string of the molecule is COc1ccc(NC(=O)CC2OCCN(Cc3c(=O)o[nH][n+]3-c3ccccc3)C2=O)cc1. The van der Waals surface area contributed by atoms with Crippen LogP contribution in [-0.4, -0.2) is 48.4 Å². The fourth-order valence-corrected chi connectivity index (χ4v) is 3.44. The maximum Gasteiger partial charge on any atom is 0.432 e. The van der Waals surface area contributed by atoms with Crippen molar-refractivity contribution in [2.75, 3.05) is 25.6 Å². The Balaban J connectivity index is 1.42. The molecule has 4 rings (SSSR count). The molecule has 1 aromatic heterocycles. The Morgan fingerprint density at radius 1 is 1.19 bits per heavy atom. The summed E-state index contributed by atoms with van der Waals surface area (Å²) in [7, 11) is 1.56. The van der Waals surface area contributed by atoms with Crippen molar-refractivity contribution in [3.05, 3.63) is 70.7 Å². The van der Waals surface area contributed by atoms with Crippen molar-refractivity contribution in [3.8, 4) is 11.4 Å². The lowest BCUT2D eigenvalue weighted by Gasteiger charge is -2.30. The van der Waals surface area contributed by atoms with Crippen LogP contribution in [0.5, 0.6) is 5.75 Å². The fourth-order valence-electron chi connectivity index (χ4n) is 3.44. The molecule has 1 atom stereocenters. The molecule has 2 amide bonds. The molecular weight excluding hydrogens is 416 g/mol. The van der Waals surface area contributed by atoms with Gasteiger partial charge in [-0.3, -0.25) is 14.1 Å². The summed E-state index contributed by atoms with van der Waals surface area (Å²) in [5.74, 6) is -0.0383. The van der Waals surface area contributed by atoms with Crippen LogP contribution in [0.2, 0.25) is 0 Å². The Kier molecular flexibility index (Phi) is 6.31. The molecule has 0 bridgehead atoms. The van der Waals surface area contributed by atoms with E-state index in [9.17, 15) is 14.4 Å². The normalized spacial score (nSPS) is 16.1. The van der Waals surface area contributed by atoms with Crippen LogP contribution < -0.4 is 20.4 Å². The topological polar surface area (TPSA) is 118 Å². The first-order valence-electron chi connectivity index (χ1n) is 10.1. The summed E-state index contributed by atoms with van der Waals surface area (Å²) in [6, 6.07) is 16.0. The predicted octanol–water partition coefficient (Wildman–Crippen LogP) is 1.01. The van der Waals surface area contributed by atoms with Crippen molar-refractivity contribution in [1.82, 2.24) is 10.2 Å². The van der Waals surface area contributed by atoms with Gasteiger partial charge in [0.1, 0.15) is 18.4 Å². The smallest absolute Gasteiger partial charge is 0.432 e. The molecule has 166 valence electrons. The van der Waals surface area contributed by atoms with Gasteiger partial charge in [0.25, 0.3) is 5.91 Å². The van der Waals surface area contributed by atoms with Crippen molar-refractivity contribution in [2.24, 2.45) is 0 Å². The molecule has 32 heavy (non-hydrogen) atoms. The summed E-state index contributed by atoms with van der Waals surface area (Å²) in [5.41, 5.74) is 0.990. The van der Waals surface area contributed by atoms with Gasteiger partial charge in [0.15, 0.2) is 0 Å². The van der Waals surface area contributed by atoms with Crippen LogP contribution in [0.3, 0.4) is 0 Å². The van der Waals surface area contributed by atoms with Gasteiger partial charge in [-0.1, -0.05) is 18.2 Å². The summed E-state index contributed by atoms with van der Waals surface area (Å²) in [4.78, 5) is 39.1. The summed E-state index contributed by atoms with van der Waals surface area (Å²) in [6.07, 6.45) is -1.07. The molecule has 0 radical (unpaired) electrons. The van der Waals surface area contributed by atoms with Gasteiger partial charge in [0.2, 0.25) is 11.6 Å². The monoisotopic (exact) mass is 439 g/mol. The highest BCUT2D eigenvalue weighted by molar-refractivity contribution is 5.95. The lowest BCUT2D eigenvalue weighted by molar-refractivity contribution is -0.678. The number of benzene rings is 2. The Labute approximate surface area is 183 Å². The molecule has 1 aliphatic heterocycles. The second-order valence-corrected chi connectivity index (χ2v) is 7.20. The average molecular weight is 439 g/mol. The molecule has 2 N–H and O–H groups in total. The molecule has 0 saturated carbocycles. The molecule has 10 heteroatoms. The third kappa shape index (κ3) is 4.70. The first kappa shape index (κ1) is 21.3. The van der Waals surface area contributed by atoms with Crippen LogP contribution in [0, 0.1) is 0 Å². The average Bonchev–Trinajstić information content (AvgIpc) is 3.17. The number of ether oxygens (including phenoxy) is 2. The molecule has 1 fully saturated rings. The van der Waals surface area contributed by atoms with Gasteiger partial charge in [0.05, 0.1) is 20.1 Å². The highest BCUT2D eigenvalue weighted by atomic mass is 16.5. The Morgan fingerprint density at radius 2 is 1.94 bits per heavy atom. The number of carbonyl (C=O) groups is 2. The maximum atomic E-state index is 12.9. The van der Waals surface area contributed by atoms with Crippen LogP contribution in [0.1, 0.15) is 12.1 Å². The number of morpholine rings is 1. The number of amides is 2. The highest BCUT2D eigenvalue weighted by Gasteiger charge is 2.35. The molecule has 10 nitrogen and oxygen atoms in total. The molecule has 2 heterocycles. The lowest BCUT2D eigenvalue weighted by Crippen LogP contribution is -2.51. The molecular formula is C22H23N4O6+. The summed E-state index contributed by atoms with van der Waals surface area (Å²) < 4.78 is 17.1. The van der Waals surface area contributed by atoms with E-state index in [-0.39, 0.29) is 37.1 Å². The number of methoxy groups -OCH3 is 1. The number of carbonyl (C=O) groups excluding carboxylic acids is 2. The number of nitrogens with one attached hydrogen (secondary N) is 2. The van der Waals surface area contributed by atoms with Crippen molar-refractivity contribution < 1.29 is 28.3 Å². The van der Waals surface area contributed by atoms with Crippen LogP contribution in [0.25, 0.3) is 5.69 Å². The van der Waals surface area contributed by atoms with Crippen LogP contribution >= 0.6 is 0 Å². The molecule has 0 spiro atoms. The largest absolute Gasteiger partial charge is 0.497 e. The third-order valence-electron chi connectivity index (χ3n) is 5.10. The molecule has 1 unspecified atom stereocenters. The van der Waals surface area contributed by atoms with E-state index in [1.807, 2.05) is 30.3 Å². The second-order valence-electron chi connectivity index (χ2n) is 7.20. The zero-order chi connectivity index (χ0) is 22.5. The minimum Gasteiger partial charge on any atom is -0.497 e. The van der Waals surface area contributed by atoms with E-state index in [1.165, 1.54) is 9.58 Å². The minimum atomic E-state index is -0.932. The van der Waals surface area contributed by atoms with Crippen molar-refractivity contribution in [2.45, 2.75) is 19.1 Å². The lowest BCUT2D eigenvalue weighted by atomic mass is 10.1. The van der Waals surface area contributed by atoms with Crippen molar-refractivity contribution in [1.29, 1.82) is 0 Å². The van der Waals surface area contributed by atoms with Crippen LogP contribution in [0.4, 0.5) is 5.69 Å². The van der Waals surface area contributed by atoms with E-state index in [1.54, 1.807) is 31.4 Å². The number of anilines is 1. The van der Waals surface area contributed by atoms with Crippen LogP contribution in [-0.2, 0) is 20.9 Å². The molecule has 3 aromatic rings. The van der Waals surface area contributed by atoms with Gasteiger partial charge in [-0.25, -0.2) is 4.79 Å². The van der Waals surface area contributed by atoms with Crippen molar-refractivity contribution >= 4 is 17.5 Å². The van der Waals surface area contributed by atoms with Crippen molar-refractivity contribution in [3.63, 3.8) is 0 Å². The van der Waals surface area contributed by atoms with Gasteiger partial charge in [-0.2, -0.15) is 0 Å². The Morgan fingerprint density at radius 3 is 2.66 bits per heavy atom. The quantitative estimate of drug-likeness (QED) is 0.531. The maximum absolute atomic E-state index is 12.9. The third-order valence-corrected chi connectivity index (χ3v) is 5.10. The highest BCUT2D eigenvalue weighted by Crippen LogP contribution is 2.17. The molecule has 2 aromatic carbocycles. The number of hydrogen-bond acceptors (Lipinski definition) is 6. The van der Waals surface area contributed by atoms with E-state index in [4.69, 9.17) is 14.0 Å². The number of aromatic nitrogens is 2.